The quantitative estimate of drug-likeness (QED) is 0.329. The van der Waals surface area contributed by atoms with Crippen LogP contribution >= 0.6 is 24.0 Å². The highest BCUT2D eigenvalue weighted by atomic mass is 127. The van der Waals surface area contributed by atoms with Crippen LogP contribution in [0.3, 0.4) is 0 Å². The molecule has 2 N–H and O–H groups in total. The molecule has 1 unspecified atom stereocenters. The first kappa shape index (κ1) is 23.8. The number of hydrogen-bond acceptors (Lipinski definition) is 4. The molecule has 0 aromatic heterocycles. The Labute approximate surface area is 201 Å². The highest BCUT2D eigenvalue weighted by Gasteiger charge is 2.21. The van der Waals surface area contributed by atoms with Gasteiger partial charge in [0.25, 0.3) is 0 Å². The number of rotatable bonds is 6. The van der Waals surface area contributed by atoms with Crippen molar-refractivity contribution in [3.63, 3.8) is 0 Å². The van der Waals surface area contributed by atoms with E-state index in [2.05, 4.69) is 46.0 Å². The normalized spacial score (nSPS) is 19.0. The maximum absolute atomic E-state index is 6.06. The Bertz CT molecular complexity index is 855. The van der Waals surface area contributed by atoms with Gasteiger partial charge in [0.15, 0.2) is 5.96 Å². The molecule has 2 aliphatic rings. The summed E-state index contributed by atoms with van der Waals surface area (Å²) >= 11 is 0. The van der Waals surface area contributed by atoms with Crippen LogP contribution < -0.4 is 15.4 Å². The van der Waals surface area contributed by atoms with Gasteiger partial charge in [0.2, 0.25) is 0 Å². The highest BCUT2D eigenvalue weighted by Crippen LogP contribution is 2.31. The van der Waals surface area contributed by atoms with Crippen LogP contribution in [0.2, 0.25) is 0 Å². The molecule has 2 aromatic carbocycles. The number of guanidine groups is 1. The number of aliphatic imine (C=N–C) groups is 1. The van der Waals surface area contributed by atoms with Crippen molar-refractivity contribution < 1.29 is 14.2 Å². The first-order chi connectivity index (χ1) is 14.8. The molecular weight excluding hydrogens is 505 g/mol. The SMILES string of the molecule is CN=C(NCc1cccc(COC2CCOCC2)c1)NC1CCOc2ccccc21.I. The van der Waals surface area contributed by atoms with Gasteiger partial charge in [-0.05, 0) is 30.0 Å². The minimum absolute atomic E-state index is 0. The van der Waals surface area contributed by atoms with Crippen LogP contribution in [0.1, 0.15) is 42.0 Å². The topological polar surface area (TPSA) is 64.1 Å². The standard InChI is InChI=1S/C24H31N3O3.HI/c1-25-24(27-22-11-14-29-23-8-3-2-7-21(22)23)26-16-18-5-4-6-19(15-18)17-30-20-9-12-28-13-10-20;/h2-8,15,20,22H,9-14,16-17H2,1H3,(H2,25,26,27);1H. The number of ether oxygens (including phenoxy) is 3. The van der Waals surface area contributed by atoms with Gasteiger partial charge in [-0.1, -0.05) is 42.5 Å². The van der Waals surface area contributed by atoms with Crippen molar-refractivity contribution in [3.8, 4) is 5.75 Å². The van der Waals surface area contributed by atoms with Gasteiger partial charge < -0.3 is 24.8 Å². The molecule has 0 spiro atoms. The van der Waals surface area contributed by atoms with Gasteiger partial charge in [0.05, 0.1) is 25.4 Å². The molecule has 0 saturated carbocycles. The van der Waals surface area contributed by atoms with E-state index < -0.39 is 0 Å². The lowest BCUT2D eigenvalue weighted by molar-refractivity contribution is -0.0390. The second-order valence-corrected chi connectivity index (χ2v) is 7.74. The van der Waals surface area contributed by atoms with Crippen LogP contribution in [0, 0.1) is 0 Å². The monoisotopic (exact) mass is 537 g/mol. The van der Waals surface area contributed by atoms with Crippen molar-refractivity contribution >= 4 is 29.9 Å². The molecule has 2 heterocycles. The first-order valence-corrected chi connectivity index (χ1v) is 10.8. The van der Waals surface area contributed by atoms with Gasteiger partial charge in [-0.15, -0.1) is 24.0 Å². The molecule has 0 amide bonds. The van der Waals surface area contributed by atoms with Crippen molar-refractivity contribution in [1.82, 2.24) is 10.6 Å². The number of para-hydroxylation sites is 1. The van der Waals surface area contributed by atoms with Crippen LogP contribution in [0.15, 0.2) is 53.5 Å². The molecule has 2 aliphatic heterocycles. The summed E-state index contributed by atoms with van der Waals surface area (Å²) in [6.07, 6.45) is 3.19. The molecule has 1 saturated heterocycles. The third-order valence-electron chi connectivity index (χ3n) is 5.60. The minimum Gasteiger partial charge on any atom is -0.493 e. The van der Waals surface area contributed by atoms with Gasteiger partial charge in [0, 0.05) is 38.8 Å². The number of benzene rings is 2. The van der Waals surface area contributed by atoms with E-state index in [0.717, 1.165) is 44.2 Å². The molecule has 2 aromatic rings. The summed E-state index contributed by atoms with van der Waals surface area (Å²) in [6.45, 7) is 3.66. The molecule has 1 atom stereocenters. The van der Waals surface area contributed by atoms with Crippen LogP contribution in [-0.2, 0) is 22.6 Å². The summed E-state index contributed by atoms with van der Waals surface area (Å²) in [7, 11) is 1.80. The van der Waals surface area contributed by atoms with Crippen LogP contribution in [0.4, 0.5) is 0 Å². The summed E-state index contributed by atoms with van der Waals surface area (Å²) < 4.78 is 17.2. The Hall–Kier alpha value is -1.84. The predicted octanol–water partition coefficient (Wildman–Crippen LogP) is 4.19. The van der Waals surface area contributed by atoms with E-state index in [-0.39, 0.29) is 30.0 Å². The number of fused-ring (bicyclic) bond motifs is 1. The maximum Gasteiger partial charge on any atom is 0.191 e. The average Bonchev–Trinajstić information content (AvgIpc) is 2.81. The lowest BCUT2D eigenvalue weighted by Crippen LogP contribution is -2.40. The number of nitrogens with zero attached hydrogens (tertiary/aromatic N) is 1. The Morgan fingerprint density at radius 3 is 2.68 bits per heavy atom. The van der Waals surface area contributed by atoms with E-state index in [0.29, 0.717) is 25.9 Å². The van der Waals surface area contributed by atoms with Crippen molar-refractivity contribution in [2.24, 2.45) is 4.99 Å². The van der Waals surface area contributed by atoms with E-state index in [1.807, 2.05) is 18.2 Å². The third-order valence-corrected chi connectivity index (χ3v) is 5.60. The summed E-state index contributed by atoms with van der Waals surface area (Å²) in [5.41, 5.74) is 3.58. The van der Waals surface area contributed by atoms with E-state index in [1.165, 1.54) is 16.7 Å². The smallest absolute Gasteiger partial charge is 0.191 e. The lowest BCUT2D eigenvalue weighted by Gasteiger charge is -2.28. The average molecular weight is 537 g/mol. The molecule has 4 rings (SSSR count). The zero-order valence-corrected chi connectivity index (χ0v) is 20.3. The van der Waals surface area contributed by atoms with Gasteiger partial charge >= 0.3 is 0 Å². The summed E-state index contributed by atoms with van der Waals surface area (Å²) in [5, 5.41) is 6.97. The molecule has 0 bridgehead atoms. The second-order valence-electron chi connectivity index (χ2n) is 7.74. The number of nitrogens with one attached hydrogen (secondary N) is 2. The first-order valence-electron chi connectivity index (χ1n) is 10.8. The minimum atomic E-state index is 0. The van der Waals surface area contributed by atoms with Crippen LogP contribution in [0.5, 0.6) is 5.75 Å². The van der Waals surface area contributed by atoms with E-state index in [4.69, 9.17) is 14.2 Å². The highest BCUT2D eigenvalue weighted by molar-refractivity contribution is 14.0. The van der Waals surface area contributed by atoms with Crippen molar-refractivity contribution in [3.05, 3.63) is 65.2 Å². The zero-order chi connectivity index (χ0) is 20.6. The molecule has 7 heteroatoms. The fourth-order valence-corrected chi connectivity index (χ4v) is 3.92. The Morgan fingerprint density at radius 1 is 1.03 bits per heavy atom. The summed E-state index contributed by atoms with van der Waals surface area (Å²) in [6, 6.07) is 16.9. The van der Waals surface area contributed by atoms with Gasteiger partial charge in [-0.3, -0.25) is 4.99 Å². The van der Waals surface area contributed by atoms with E-state index >= 15 is 0 Å². The van der Waals surface area contributed by atoms with E-state index in [9.17, 15) is 0 Å². The maximum atomic E-state index is 6.06. The Morgan fingerprint density at radius 2 is 1.84 bits per heavy atom. The molecule has 31 heavy (non-hydrogen) atoms. The lowest BCUT2D eigenvalue weighted by atomic mass is 10.0. The van der Waals surface area contributed by atoms with Crippen molar-refractivity contribution in [2.45, 2.75) is 44.6 Å². The molecule has 0 aliphatic carbocycles. The third kappa shape index (κ3) is 6.82. The van der Waals surface area contributed by atoms with Gasteiger partial charge in [-0.25, -0.2) is 0 Å². The molecule has 0 radical (unpaired) electrons. The van der Waals surface area contributed by atoms with Crippen LogP contribution in [-0.4, -0.2) is 38.9 Å². The second kappa shape index (κ2) is 12.3. The molecular formula is C24H32IN3O3. The molecule has 6 nitrogen and oxygen atoms in total. The number of hydrogen-bond donors (Lipinski definition) is 2. The fraction of sp³-hybridized carbons (Fsp3) is 0.458. The molecule has 1 fully saturated rings. The van der Waals surface area contributed by atoms with Crippen molar-refractivity contribution in [1.29, 1.82) is 0 Å². The van der Waals surface area contributed by atoms with Gasteiger partial charge in [-0.2, -0.15) is 0 Å². The largest absolute Gasteiger partial charge is 0.493 e. The summed E-state index contributed by atoms with van der Waals surface area (Å²) in [4.78, 5) is 4.41. The predicted molar refractivity (Wildman–Crippen MR) is 133 cm³/mol. The molecule has 168 valence electrons. The van der Waals surface area contributed by atoms with Crippen LogP contribution in [0.25, 0.3) is 0 Å². The van der Waals surface area contributed by atoms with Crippen molar-refractivity contribution in [2.75, 3.05) is 26.9 Å². The summed E-state index contributed by atoms with van der Waals surface area (Å²) in [5.74, 6) is 1.74. The van der Waals surface area contributed by atoms with Gasteiger partial charge in [0.1, 0.15) is 5.75 Å². The number of halogens is 1. The fourth-order valence-electron chi connectivity index (χ4n) is 3.92. The zero-order valence-electron chi connectivity index (χ0n) is 18.0. The van der Waals surface area contributed by atoms with E-state index in [1.54, 1.807) is 7.05 Å². The Balaban J connectivity index is 0.00000272. The Kier molecular flexibility index (Phi) is 9.42.